The second kappa shape index (κ2) is 22.9. The Kier molecular flexibility index (Phi) is 16.0. The lowest BCUT2D eigenvalue weighted by molar-refractivity contribution is -0.172. The molecule has 4 atom stereocenters. The van der Waals surface area contributed by atoms with Gasteiger partial charge >= 0.3 is 11.9 Å². The van der Waals surface area contributed by atoms with Crippen LogP contribution in [0.15, 0.2) is 59.4 Å². The molecule has 8 amide bonds. The number of cyclic esters (lactones) is 1. The summed E-state index contributed by atoms with van der Waals surface area (Å²) < 4.78 is 28.3. The van der Waals surface area contributed by atoms with Gasteiger partial charge in [0.05, 0.1) is 61.2 Å². The van der Waals surface area contributed by atoms with Crippen LogP contribution in [0.5, 0.6) is 0 Å². The van der Waals surface area contributed by atoms with E-state index in [1.54, 1.807) is 50.2 Å². The first kappa shape index (κ1) is 56.0. The second-order valence-electron chi connectivity index (χ2n) is 20.1. The predicted molar refractivity (Wildman–Crippen MR) is 275 cm³/mol. The number of benzene rings is 2. The van der Waals surface area contributed by atoms with Gasteiger partial charge in [0.15, 0.2) is 5.60 Å². The molecule has 420 valence electrons. The van der Waals surface area contributed by atoms with Crippen molar-refractivity contribution in [1.82, 2.24) is 51.7 Å². The highest BCUT2D eigenvalue weighted by molar-refractivity contribution is 6.15. The molecule has 5 aliphatic rings. The van der Waals surface area contributed by atoms with Gasteiger partial charge < -0.3 is 61.5 Å². The fraction of sp³-hybridized carbons (Fsp3) is 0.407. The third-order valence-electron chi connectivity index (χ3n) is 15.2. The summed E-state index contributed by atoms with van der Waals surface area (Å²) in [6, 6.07) is 8.05. The van der Waals surface area contributed by atoms with Gasteiger partial charge in [0.1, 0.15) is 36.8 Å². The third kappa shape index (κ3) is 11.0. The zero-order valence-corrected chi connectivity index (χ0v) is 43.5. The number of ether oxygens (including phenoxy) is 2. The van der Waals surface area contributed by atoms with E-state index in [2.05, 4.69) is 37.2 Å². The fourth-order valence-electron chi connectivity index (χ4n) is 10.7. The van der Waals surface area contributed by atoms with E-state index in [4.69, 9.17) is 19.6 Å². The molecular formula is C54H57FN10O15. The number of nitrogens with one attached hydrogen (secondary N) is 7. The van der Waals surface area contributed by atoms with E-state index in [-0.39, 0.29) is 37.1 Å². The minimum atomic E-state index is -2.07. The summed E-state index contributed by atoms with van der Waals surface area (Å²) in [6.07, 6.45) is 3.76. The van der Waals surface area contributed by atoms with Crippen LogP contribution < -0.4 is 42.8 Å². The van der Waals surface area contributed by atoms with Crippen molar-refractivity contribution >= 4 is 70.1 Å². The number of aryl methyl sites for hydroxylation is 1. The quantitative estimate of drug-likeness (QED) is 0.0221. The molecular weight excluding hydrogens is 1050 g/mol. The van der Waals surface area contributed by atoms with Crippen LogP contribution in [0.25, 0.3) is 22.3 Å². The molecule has 9 N–H and O–H groups in total. The van der Waals surface area contributed by atoms with Crippen LogP contribution in [0.1, 0.15) is 84.0 Å². The zero-order chi connectivity index (χ0) is 57.2. The minimum absolute atomic E-state index is 0.0318. The first-order chi connectivity index (χ1) is 38.2. The number of aromatic nitrogens is 2. The highest BCUT2D eigenvalue weighted by Gasteiger charge is 2.49. The van der Waals surface area contributed by atoms with Crippen molar-refractivity contribution < 1.29 is 72.0 Å². The molecule has 0 bridgehead atoms. The molecule has 2 aromatic heterocycles. The van der Waals surface area contributed by atoms with Crippen molar-refractivity contribution in [2.24, 2.45) is 0 Å². The van der Waals surface area contributed by atoms with E-state index in [1.165, 1.54) is 10.6 Å². The summed E-state index contributed by atoms with van der Waals surface area (Å²) in [5.74, 6) is -8.85. The molecule has 0 radical (unpaired) electrons. The summed E-state index contributed by atoms with van der Waals surface area (Å²) in [6.45, 7) is -0.428. The van der Waals surface area contributed by atoms with E-state index in [0.717, 1.165) is 17.7 Å². The van der Waals surface area contributed by atoms with Crippen molar-refractivity contribution in [2.45, 2.75) is 101 Å². The lowest BCUT2D eigenvalue weighted by Gasteiger charge is -2.41. The molecule has 26 heteroatoms. The van der Waals surface area contributed by atoms with Crippen LogP contribution in [0.3, 0.4) is 0 Å². The van der Waals surface area contributed by atoms with E-state index in [9.17, 15) is 57.8 Å². The topological polar surface area (TPSA) is 352 Å². The molecule has 2 aliphatic carbocycles. The first-order valence-electron chi connectivity index (χ1n) is 25.9. The van der Waals surface area contributed by atoms with Gasteiger partial charge in [-0.25, -0.2) is 14.2 Å². The van der Waals surface area contributed by atoms with Crippen molar-refractivity contribution in [3.63, 3.8) is 0 Å². The van der Waals surface area contributed by atoms with Crippen LogP contribution in [-0.4, -0.2) is 141 Å². The molecule has 1 fully saturated rings. The lowest BCUT2D eigenvalue weighted by Crippen LogP contribution is -2.56. The number of pyridine rings is 2. The number of carbonyl (C=O) groups excluding carboxylic acids is 9. The molecule has 5 heterocycles. The molecule has 25 nitrogen and oxygen atoms in total. The number of carboxylic acids is 1. The van der Waals surface area contributed by atoms with Crippen LogP contribution in [0.4, 0.5) is 4.39 Å². The Morgan fingerprint density at radius 2 is 1.56 bits per heavy atom. The number of amides is 8. The maximum atomic E-state index is 15.5. The van der Waals surface area contributed by atoms with Crippen molar-refractivity contribution in [1.29, 1.82) is 0 Å². The summed E-state index contributed by atoms with van der Waals surface area (Å²) >= 11 is 0. The van der Waals surface area contributed by atoms with Crippen LogP contribution in [0.2, 0.25) is 0 Å². The third-order valence-corrected chi connectivity index (χ3v) is 15.2. The Bertz CT molecular complexity index is 3360. The Morgan fingerprint density at radius 3 is 2.24 bits per heavy atom. The molecule has 2 aromatic carbocycles. The number of rotatable bonds is 22. The summed E-state index contributed by atoms with van der Waals surface area (Å²) in [4.78, 5) is 148. The van der Waals surface area contributed by atoms with Gasteiger partial charge in [-0.1, -0.05) is 37.3 Å². The Labute approximate surface area is 454 Å². The van der Waals surface area contributed by atoms with Crippen molar-refractivity contribution in [3.8, 4) is 11.4 Å². The number of halogens is 1. The molecule has 80 heavy (non-hydrogen) atoms. The average molecular weight is 1110 g/mol. The molecule has 1 saturated carbocycles. The SMILES string of the molecule is CC[C@@]1(O)C(=O)OCc2c1cc1n(c2=O)Cc2c-1nc1cc(F)c(C)c3c1c2[C@@H](NC(=O)C1(OCNC(=O)CNC(=O)[C@H](Cc2ccccc2)NC(=O)CNC(=O)CNC(=O)[C@H](CNCC(=O)O)N2C(=O)C=CC2=O)CCC1)CC3. The average Bonchev–Trinajstić information content (AvgIpc) is 4.15. The molecule has 0 unspecified atom stereocenters. The number of carboxylic acid groups (broad SMARTS) is 1. The number of carbonyl (C=O) groups is 10. The number of hydrogen-bond acceptors (Lipinski definition) is 16. The number of imide groups is 1. The number of fused-ring (bicyclic) bond motifs is 5. The molecule has 9 rings (SSSR count). The van der Waals surface area contributed by atoms with Gasteiger partial charge in [-0.05, 0) is 73.8 Å². The summed E-state index contributed by atoms with van der Waals surface area (Å²) in [5.41, 5.74) is 0.363. The smallest absolute Gasteiger partial charge is 0.343 e. The van der Waals surface area contributed by atoms with E-state index in [0.29, 0.717) is 81.5 Å². The van der Waals surface area contributed by atoms with Crippen LogP contribution in [-0.2, 0) is 89.0 Å². The lowest BCUT2D eigenvalue weighted by atomic mass is 9.77. The fourth-order valence-corrected chi connectivity index (χ4v) is 10.7. The van der Waals surface area contributed by atoms with E-state index < -0.39 is 139 Å². The number of nitrogens with zero attached hydrogens (tertiary/aromatic N) is 3. The Balaban J connectivity index is 0.806. The van der Waals surface area contributed by atoms with E-state index >= 15 is 4.39 Å². The zero-order valence-electron chi connectivity index (χ0n) is 43.5. The van der Waals surface area contributed by atoms with Gasteiger partial charge in [0.25, 0.3) is 23.3 Å². The molecule has 0 spiro atoms. The summed E-state index contributed by atoms with van der Waals surface area (Å²) in [5, 5.41) is 38.8. The van der Waals surface area contributed by atoms with Crippen molar-refractivity contribution in [2.75, 3.05) is 39.5 Å². The number of aliphatic hydroxyl groups is 1. The maximum Gasteiger partial charge on any atom is 0.343 e. The van der Waals surface area contributed by atoms with Crippen molar-refractivity contribution in [3.05, 3.63) is 110 Å². The van der Waals surface area contributed by atoms with Gasteiger partial charge in [0, 0.05) is 47.7 Å². The Hall–Kier alpha value is -8.75. The van der Waals surface area contributed by atoms with Gasteiger partial charge in [-0.2, -0.15) is 0 Å². The normalized spacial score (nSPS) is 18.9. The highest BCUT2D eigenvalue weighted by Crippen LogP contribution is 2.47. The number of hydrogen-bond donors (Lipinski definition) is 9. The highest BCUT2D eigenvalue weighted by atomic mass is 19.1. The molecule has 3 aliphatic heterocycles. The standard InChI is InChI=1S/C54H57FN10O15/c1-3-54(78)32-17-37-47-30(24-64(37)50(75)31(32)25-79-52(54)77)46-34(11-10-29-27(2)33(55)18-35(62-47)45(29)46)63-51(76)53(14-7-15-53)80-26-60-40(67)21-58-48(73)36(16-28-8-5-4-6-9-28)61-41(68)22-57-39(66)20-59-49(74)38(19-56-23-44(71)72)65-42(69)12-13-43(65)70/h4-6,8-9,12-13,17-18,34,36,38,56,78H,3,7,10-11,14-16,19-26H2,1-2H3,(H,57,66)(H,58,73)(H,59,74)(H,60,67)(H,61,68)(H,63,76)(H,71,72)/t34-,36-,38-,54-/m0/s1. The van der Waals surface area contributed by atoms with E-state index in [1.807, 2.05) is 0 Å². The molecule has 0 saturated heterocycles. The first-order valence-corrected chi connectivity index (χ1v) is 25.9. The minimum Gasteiger partial charge on any atom is -0.480 e. The second-order valence-corrected chi connectivity index (χ2v) is 20.1. The molecule has 4 aromatic rings. The predicted octanol–water partition coefficient (Wildman–Crippen LogP) is -1.31. The van der Waals surface area contributed by atoms with Gasteiger partial charge in [0.2, 0.25) is 29.5 Å². The summed E-state index contributed by atoms with van der Waals surface area (Å²) in [7, 11) is 0. The van der Waals surface area contributed by atoms with Crippen LogP contribution in [0, 0.1) is 12.7 Å². The van der Waals surface area contributed by atoms with Gasteiger partial charge in [-0.3, -0.25) is 52.8 Å². The maximum absolute atomic E-state index is 15.5. The number of esters is 1. The Morgan fingerprint density at radius 1 is 0.875 bits per heavy atom. The monoisotopic (exact) mass is 1100 g/mol. The number of aliphatic carboxylic acids is 1. The van der Waals surface area contributed by atoms with Gasteiger partial charge in [-0.15, -0.1) is 0 Å². The van der Waals surface area contributed by atoms with Crippen LogP contribution >= 0.6 is 0 Å². The largest absolute Gasteiger partial charge is 0.480 e.